The van der Waals surface area contributed by atoms with E-state index in [2.05, 4.69) is 9.97 Å². The van der Waals surface area contributed by atoms with Crippen LogP contribution in [0.2, 0.25) is 5.15 Å². The molecule has 2 nitrogen and oxygen atoms in total. The molecule has 66 valence electrons. The smallest absolute Gasteiger partial charge is 0.156 e. The molecular weight excluding hydrogens is 204 g/mol. The molecule has 13 heavy (non-hydrogen) atoms. The molecule has 0 atom stereocenters. The van der Waals surface area contributed by atoms with Crippen LogP contribution in [0.3, 0.4) is 0 Å². The average molecular weight is 211 g/mol. The van der Waals surface area contributed by atoms with Gasteiger partial charge in [-0.15, -0.1) is 11.3 Å². The first-order chi connectivity index (χ1) is 6.34. The Morgan fingerprint density at radius 1 is 1.46 bits per heavy atom. The Balaban J connectivity index is 2.26. The van der Waals surface area contributed by atoms with Gasteiger partial charge in [0.25, 0.3) is 0 Å². The van der Waals surface area contributed by atoms with E-state index in [9.17, 15) is 0 Å². The molecule has 3 rings (SSSR count). The number of aromatic nitrogens is 2. The van der Waals surface area contributed by atoms with Gasteiger partial charge in [-0.1, -0.05) is 11.6 Å². The van der Waals surface area contributed by atoms with Gasteiger partial charge >= 0.3 is 0 Å². The minimum atomic E-state index is 0.528. The molecule has 1 aliphatic rings. The van der Waals surface area contributed by atoms with E-state index in [1.165, 1.54) is 17.8 Å². The van der Waals surface area contributed by atoms with Crippen molar-refractivity contribution in [1.82, 2.24) is 9.97 Å². The molecular formula is C9H7ClN2S. The zero-order chi connectivity index (χ0) is 8.84. The van der Waals surface area contributed by atoms with Gasteiger partial charge in [0.1, 0.15) is 5.52 Å². The van der Waals surface area contributed by atoms with Crippen LogP contribution >= 0.6 is 22.9 Å². The van der Waals surface area contributed by atoms with Gasteiger partial charge in [-0.2, -0.15) is 0 Å². The van der Waals surface area contributed by atoms with Crippen LogP contribution < -0.4 is 0 Å². The lowest BCUT2D eigenvalue weighted by molar-refractivity contribution is 1.09. The van der Waals surface area contributed by atoms with Crippen LogP contribution in [0, 0.1) is 0 Å². The summed E-state index contributed by atoms with van der Waals surface area (Å²) in [5.74, 6) is 0.702. The van der Waals surface area contributed by atoms with E-state index in [1.807, 2.05) is 6.07 Å². The largest absolute Gasteiger partial charge is 0.242 e. The minimum Gasteiger partial charge on any atom is -0.242 e. The van der Waals surface area contributed by atoms with Crippen molar-refractivity contribution in [2.75, 3.05) is 0 Å². The second-order valence-electron chi connectivity index (χ2n) is 3.27. The molecule has 0 aliphatic heterocycles. The van der Waals surface area contributed by atoms with Gasteiger partial charge in [0.15, 0.2) is 5.15 Å². The van der Waals surface area contributed by atoms with Gasteiger partial charge < -0.3 is 0 Å². The zero-order valence-corrected chi connectivity index (χ0v) is 8.40. The molecule has 0 N–H and O–H groups in total. The fourth-order valence-electron chi connectivity index (χ4n) is 1.35. The SMILES string of the molecule is Clc1nccc2sc(C3CC3)nc12. The van der Waals surface area contributed by atoms with E-state index >= 15 is 0 Å². The predicted molar refractivity (Wildman–Crippen MR) is 54.4 cm³/mol. The maximum absolute atomic E-state index is 5.93. The third kappa shape index (κ3) is 1.23. The van der Waals surface area contributed by atoms with Gasteiger partial charge in [0.2, 0.25) is 0 Å². The topological polar surface area (TPSA) is 25.8 Å². The van der Waals surface area contributed by atoms with E-state index in [0.29, 0.717) is 11.1 Å². The minimum absolute atomic E-state index is 0.528. The monoisotopic (exact) mass is 210 g/mol. The number of hydrogen-bond acceptors (Lipinski definition) is 3. The van der Waals surface area contributed by atoms with Crippen molar-refractivity contribution in [3.05, 3.63) is 22.4 Å². The first-order valence-electron chi connectivity index (χ1n) is 4.25. The normalized spacial score (nSPS) is 16.7. The first-order valence-corrected chi connectivity index (χ1v) is 5.45. The van der Waals surface area contributed by atoms with Crippen molar-refractivity contribution in [2.24, 2.45) is 0 Å². The van der Waals surface area contributed by atoms with Crippen molar-refractivity contribution in [1.29, 1.82) is 0 Å². The maximum atomic E-state index is 5.93. The van der Waals surface area contributed by atoms with Gasteiger partial charge in [0.05, 0.1) is 9.71 Å². The molecule has 0 amide bonds. The van der Waals surface area contributed by atoms with Crippen LogP contribution in [-0.2, 0) is 0 Å². The van der Waals surface area contributed by atoms with Crippen LogP contribution in [0.4, 0.5) is 0 Å². The molecule has 0 spiro atoms. The van der Waals surface area contributed by atoms with Crippen molar-refractivity contribution < 1.29 is 0 Å². The number of thiazole rings is 1. The van der Waals surface area contributed by atoms with Crippen LogP contribution in [-0.4, -0.2) is 9.97 Å². The first kappa shape index (κ1) is 7.71. The Kier molecular flexibility index (Phi) is 1.58. The van der Waals surface area contributed by atoms with Crippen molar-refractivity contribution >= 4 is 33.2 Å². The van der Waals surface area contributed by atoms with Gasteiger partial charge in [-0.05, 0) is 18.9 Å². The molecule has 2 heterocycles. The highest BCUT2D eigenvalue weighted by Crippen LogP contribution is 2.43. The summed E-state index contributed by atoms with van der Waals surface area (Å²) in [7, 11) is 0. The Morgan fingerprint density at radius 2 is 2.31 bits per heavy atom. The van der Waals surface area contributed by atoms with Crippen LogP contribution in [0.15, 0.2) is 12.3 Å². The molecule has 2 aromatic rings. The summed E-state index contributed by atoms with van der Waals surface area (Å²) in [4.78, 5) is 8.51. The third-order valence-electron chi connectivity index (χ3n) is 2.21. The number of halogens is 1. The van der Waals surface area contributed by atoms with Crippen LogP contribution in [0.25, 0.3) is 10.2 Å². The van der Waals surface area contributed by atoms with Crippen molar-refractivity contribution in [3.63, 3.8) is 0 Å². The lowest BCUT2D eigenvalue weighted by Gasteiger charge is -1.87. The quantitative estimate of drug-likeness (QED) is 0.676. The molecule has 2 aromatic heterocycles. The molecule has 1 fully saturated rings. The highest BCUT2D eigenvalue weighted by molar-refractivity contribution is 7.18. The van der Waals surface area contributed by atoms with Gasteiger partial charge in [0, 0.05) is 12.1 Å². The second kappa shape index (κ2) is 2.66. The Bertz CT molecular complexity index is 462. The molecule has 1 saturated carbocycles. The summed E-state index contributed by atoms with van der Waals surface area (Å²) in [6, 6.07) is 1.98. The fraction of sp³-hybridized carbons (Fsp3) is 0.333. The second-order valence-corrected chi connectivity index (χ2v) is 4.70. The Labute approximate surface area is 84.6 Å². The number of pyridine rings is 1. The summed E-state index contributed by atoms with van der Waals surface area (Å²) in [6.07, 6.45) is 4.30. The fourth-order valence-corrected chi connectivity index (χ4v) is 2.74. The van der Waals surface area contributed by atoms with E-state index in [4.69, 9.17) is 11.6 Å². The zero-order valence-electron chi connectivity index (χ0n) is 6.83. The molecule has 0 aromatic carbocycles. The number of nitrogens with zero attached hydrogens (tertiary/aromatic N) is 2. The van der Waals surface area contributed by atoms with Crippen molar-refractivity contribution in [2.45, 2.75) is 18.8 Å². The summed E-state index contributed by atoms with van der Waals surface area (Å²) < 4.78 is 1.15. The standard InChI is InChI=1S/C9H7ClN2S/c10-8-7-6(3-4-11-8)13-9(12-7)5-1-2-5/h3-5H,1-2H2. The average Bonchev–Trinajstić information content (AvgIpc) is 2.87. The Morgan fingerprint density at radius 3 is 3.00 bits per heavy atom. The number of fused-ring (bicyclic) bond motifs is 1. The van der Waals surface area contributed by atoms with Crippen LogP contribution in [0.5, 0.6) is 0 Å². The molecule has 4 heteroatoms. The van der Waals surface area contributed by atoms with E-state index in [-0.39, 0.29) is 0 Å². The van der Waals surface area contributed by atoms with Crippen molar-refractivity contribution in [3.8, 4) is 0 Å². The van der Waals surface area contributed by atoms with Gasteiger partial charge in [-0.25, -0.2) is 9.97 Å². The van der Waals surface area contributed by atoms with Gasteiger partial charge in [-0.3, -0.25) is 0 Å². The summed E-state index contributed by atoms with van der Waals surface area (Å²) in [6.45, 7) is 0. The third-order valence-corrected chi connectivity index (χ3v) is 3.67. The lowest BCUT2D eigenvalue weighted by Crippen LogP contribution is -1.77. The molecule has 0 radical (unpaired) electrons. The molecule has 0 unspecified atom stereocenters. The lowest BCUT2D eigenvalue weighted by atomic mass is 10.4. The summed E-state index contributed by atoms with van der Waals surface area (Å²) in [5.41, 5.74) is 0.871. The molecule has 1 aliphatic carbocycles. The Hall–Kier alpha value is -0.670. The predicted octanol–water partition coefficient (Wildman–Crippen LogP) is 3.22. The van der Waals surface area contributed by atoms with E-state index in [1.54, 1.807) is 17.5 Å². The number of rotatable bonds is 1. The molecule has 0 bridgehead atoms. The molecule has 0 saturated heterocycles. The summed E-state index contributed by atoms with van der Waals surface area (Å²) in [5, 5.41) is 1.76. The highest BCUT2D eigenvalue weighted by Gasteiger charge is 2.27. The van der Waals surface area contributed by atoms with Crippen LogP contribution in [0.1, 0.15) is 23.8 Å². The number of hydrogen-bond donors (Lipinski definition) is 0. The van der Waals surface area contributed by atoms with E-state index < -0.39 is 0 Å². The highest BCUT2D eigenvalue weighted by atomic mass is 35.5. The summed E-state index contributed by atoms with van der Waals surface area (Å²) >= 11 is 7.68. The van der Waals surface area contributed by atoms with E-state index in [0.717, 1.165) is 10.2 Å². The maximum Gasteiger partial charge on any atom is 0.156 e.